The molecule has 3 rings (SSSR count). The molecule has 1 aliphatic heterocycles. The van der Waals surface area contributed by atoms with Gasteiger partial charge in [0.2, 0.25) is 0 Å². The zero-order valence-electron chi connectivity index (χ0n) is 18.3. The molecule has 31 heavy (non-hydrogen) atoms. The Morgan fingerprint density at radius 3 is 2.61 bits per heavy atom. The highest BCUT2D eigenvalue weighted by Gasteiger charge is 2.21. The van der Waals surface area contributed by atoms with E-state index in [1.54, 1.807) is 19.2 Å². The predicted octanol–water partition coefficient (Wildman–Crippen LogP) is 3.12. The number of hydrogen-bond acceptors (Lipinski definition) is 5. The van der Waals surface area contributed by atoms with Gasteiger partial charge in [0.05, 0.1) is 12.4 Å². The van der Waals surface area contributed by atoms with Gasteiger partial charge in [0.25, 0.3) is 5.91 Å². The molecule has 1 saturated heterocycles. The topological polar surface area (TPSA) is 88.3 Å². The summed E-state index contributed by atoms with van der Waals surface area (Å²) in [4.78, 5) is 18.7. The molecule has 1 fully saturated rings. The summed E-state index contributed by atoms with van der Waals surface area (Å²) in [6.07, 6.45) is 4.73. The molecule has 0 radical (unpaired) electrons. The number of likely N-dealkylation sites (tertiary alicyclic amines) is 1. The minimum Gasteiger partial charge on any atom is -0.459 e. The Labute approximate surface area is 183 Å². The van der Waals surface area contributed by atoms with Crippen molar-refractivity contribution in [2.24, 2.45) is 4.99 Å². The molecule has 2 N–H and O–H groups in total. The van der Waals surface area contributed by atoms with Gasteiger partial charge >= 0.3 is 0 Å². The van der Waals surface area contributed by atoms with Crippen LogP contribution in [0.25, 0.3) is 0 Å². The average Bonchev–Trinajstić information content (AvgIpc) is 3.34. The smallest absolute Gasteiger partial charge is 0.291 e. The number of amides is 1. The zero-order valence-corrected chi connectivity index (χ0v) is 18.3. The van der Waals surface area contributed by atoms with Crippen molar-refractivity contribution in [1.82, 2.24) is 10.2 Å². The lowest BCUT2D eigenvalue weighted by atomic mass is 10.1. The first-order valence-corrected chi connectivity index (χ1v) is 10.7. The molecule has 168 valence electrons. The Bertz CT molecular complexity index is 813. The lowest BCUT2D eigenvalue weighted by Crippen LogP contribution is -2.46. The number of guanidine groups is 1. The Kier molecular flexibility index (Phi) is 8.93. The van der Waals surface area contributed by atoms with Crippen LogP contribution in [0.1, 0.15) is 35.4 Å². The highest BCUT2D eigenvalue weighted by molar-refractivity contribution is 6.02. The van der Waals surface area contributed by atoms with Crippen molar-refractivity contribution in [1.29, 1.82) is 0 Å². The second kappa shape index (κ2) is 12.1. The molecule has 1 aromatic carbocycles. The number of hydrogen-bond donors (Lipinski definition) is 2. The van der Waals surface area contributed by atoms with Crippen molar-refractivity contribution in [2.75, 3.05) is 45.8 Å². The van der Waals surface area contributed by atoms with Gasteiger partial charge in [-0.15, -0.1) is 0 Å². The normalized spacial score (nSPS) is 15.2. The molecule has 0 spiro atoms. The Morgan fingerprint density at radius 2 is 1.97 bits per heavy atom. The molecular weight excluding hydrogens is 396 g/mol. The number of nitrogens with one attached hydrogen (secondary N) is 2. The summed E-state index contributed by atoms with van der Waals surface area (Å²) in [5, 5.41) is 6.25. The summed E-state index contributed by atoms with van der Waals surface area (Å²) in [6, 6.07) is 11.1. The van der Waals surface area contributed by atoms with Gasteiger partial charge in [-0.3, -0.25) is 9.79 Å². The monoisotopic (exact) mass is 428 g/mol. The third kappa shape index (κ3) is 7.11. The highest BCUT2D eigenvalue weighted by Crippen LogP contribution is 2.15. The van der Waals surface area contributed by atoms with Crippen molar-refractivity contribution in [2.45, 2.75) is 31.9 Å². The molecule has 8 nitrogen and oxygen atoms in total. The van der Waals surface area contributed by atoms with Gasteiger partial charge in [-0.25, -0.2) is 0 Å². The van der Waals surface area contributed by atoms with E-state index in [1.807, 2.05) is 31.3 Å². The lowest BCUT2D eigenvalue weighted by molar-refractivity contribution is 0.00989. The van der Waals surface area contributed by atoms with Crippen LogP contribution in [0, 0.1) is 0 Å². The molecule has 2 aromatic rings. The Morgan fingerprint density at radius 1 is 1.19 bits per heavy atom. The van der Waals surface area contributed by atoms with Crippen LogP contribution >= 0.6 is 0 Å². The molecule has 0 bridgehead atoms. The van der Waals surface area contributed by atoms with Crippen molar-refractivity contribution in [3.8, 4) is 0 Å². The fourth-order valence-corrected chi connectivity index (χ4v) is 3.51. The average molecular weight is 429 g/mol. The number of rotatable bonds is 9. The number of anilines is 1. The molecule has 0 atom stereocenters. The van der Waals surface area contributed by atoms with Gasteiger partial charge in [-0.1, -0.05) is 12.1 Å². The van der Waals surface area contributed by atoms with Gasteiger partial charge < -0.3 is 29.4 Å². The number of carbonyl (C=O) groups is 1. The first-order chi connectivity index (χ1) is 15.2. The number of carbonyl (C=O) groups excluding carboxylic acids is 1. The zero-order chi connectivity index (χ0) is 21.9. The molecule has 1 aromatic heterocycles. The third-order valence-corrected chi connectivity index (χ3v) is 5.21. The molecule has 0 unspecified atom stereocenters. The number of ether oxygens (including phenoxy) is 2. The van der Waals surface area contributed by atoms with E-state index in [0.717, 1.165) is 62.8 Å². The summed E-state index contributed by atoms with van der Waals surface area (Å²) in [5.74, 6) is 0.925. The maximum atomic E-state index is 12.0. The second-order valence-electron chi connectivity index (χ2n) is 7.43. The minimum atomic E-state index is -0.262. The molecule has 0 saturated carbocycles. The molecule has 8 heteroatoms. The first kappa shape index (κ1) is 22.8. The van der Waals surface area contributed by atoms with Crippen molar-refractivity contribution in [3.63, 3.8) is 0 Å². The van der Waals surface area contributed by atoms with Crippen LogP contribution in [0.5, 0.6) is 0 Å². The first-order valence-electron chi connectivity index (χ1n) is 10.7. The van der Waals surface area contributed by atoms with E-state index >= 15 is 0 Å². The summed E-state index contributed by atoms with van der Waals surface area (Å²) in [6.45, 7) is 4.00. The number of piperidine rings is 1. The quantitative estimate of drug-likeness (QED) is 0.362. The van der Waals surface area contributed by atoms with E-state index in [4.69, 9.17) is 13.9 Å². The number of benzene rings is 1. The predicted molar refractivity (Wildman–Crippen MR) is 120 cm³/mol. The summed E-state index contributed by atoms with van der Waals surface area (Å²) in [5.41, 5.74) is 1.83. The van der Waals surface area contributed by atoms with Gasteiger partial charge in [0.1, 0.15) is 0 Å². The Hall–Kier alpha value is -2.84. The SMILES string of the molecule is CN=C(NCc1ccc(NC(=O)c2ccco2)cc1)N1CCC(OCCCOC)CC1. The fourth-order valence-electron chi connectivity index (χ4n) is 3.51. The van der Waals surface area contributed by atoms with Crippen LogP contribution in [0.2, 0.25) is 0 Å². The minimum absolute atomic E-state index is 0.262. The van der Waals surface area contributed by atoms with Crippen LogP contribution in [0.15, 0.2) is 52.1 Å². The van der Waals surface area contributed by atoms with E-state index in [9.17, 15) is 4.79 Å². The summed E-state index contributed by atoms with van der Waals surface area (Å²) >= 11 is 0. The summed E-state index contributed by atoms with van der Waals surface area (Å²) in [7, 11) is 3.52. The number of aliphatic imine (C=N–C) groups is 1. The van der Waals surface area contributed by atoms with E-state index in [1.165, 1.54) is 6.26 Å². The second-order valence-corrected chi connectivity index (χ2v) is 7.43. The Balaban J connectivity index is 1.41. The maximum Gasteiger partial charge on any atom is 0.291 e. The lowest BCUT2D eigenvalue weighted by Gasteiger charge is -2.34. The van der Waals surface area contributed by atoms with Crippen LogP contribution in [-0.4, -0.2) is 63.3 Å². The van der Waals surface area contributed by atoms with E-state index < -0.39 is 0 Å². The standard InChI is InChI=1S/C23H32N4O4/c1-24-23(27-12-10-20(11-13-27)30-16-4-14-29-2)25-17-18-6-8-19(9-7-18)26-22(28)21-5-3-15-31-21/h3,5-9,15,20H,4,10-14,16-17H2,1-2H3,(H,24,25)(H,26,28). The van der Waals surface area contributed by atoms with Gasteiger partial charge in [-0.05, 0) is 49.1 Å². The van der Waals surface area contributed by atoms with Gasteiger partial charge in [0.15, 0.2) is 11.7 Å². The third-order valence-electron chi connectivity index (χ3n) is 5.21. The van der Waals surface area contributed by atoms with Crippen molar-refractivity contribution >= 4 is 17.6 Å². The largest absolute Gasteiger partial charge is 0.459 e. The van der Waals surface area contributed by atoms with Crippen LogP contribution in [-0.2, 0) is 16.0 Å². The van der Waals surface area contributed by atoms with Crippen LogP contribution in [0.4, 0.5) is 5.69 Å². The van der Waals surface area contributed by atoms with Crippen LogP contribution < -0.4 is 10.6 Å². The van der Waals surface area contributed by atoms with Gasteiger partial charge in [-0.2, -0.15) is 0 Å². The molecule has 0 aliphatic carbocycles. The van der Waals surface area contributed by atoms with Crippen molar-refractivity contribution in [3.05, 3.63) is 54.0 Å². The van der Waals surface area contributed by atoms with E-state index in [0.29, 0.717) is 18.4 Å². The van der Waals surface area contributed by atoms with Crippen LogP contribution in [0.3, 0.4) is 0 Å². The van der Waals surface area contributed by atoms with E-state index in [-0.39, 0.29) is 5.91 Å². The molecule has 1 aliphatic rings. The fraction of sp³-hybridized carbons (Fsp3) is 0.478. The summed E-state index contributed by atoms with van der Waals surface area (Å²) < 4.78 is 16.1. The number of methoxy groups -OCH3 is 1. The van der Waals surface area contributed by atoms with E-state index in [2.05, 4.69) is 20.5 Å². The maximum absolute atomic E-state index is 12.0. The van der Waals surface area contributed by atoms with Crippen molar-refractivity contribution < 1.29 is 18.7 Å². The van der Waals surface area contributed by atoms with Gasteiger partial charge in [0, 0.05) is 52.7 Å². The molecule has 1 amide bonds. The molecule has 2 heterocycles. The number of nitrogens with zero attached hydrogens (tertiary/aromatic N) is 2. The number of furan rings is 1. The highest BCUT2D eigenvalue weighted by atomic mass is 16.5. The molecular formula is C23H32N4O4.